The van der Waals surface area contributed by atoms with Gasteiger partial charge < -0.3 is 9.72 Å². The molecule has 0 unspecified atom stereocenters. The second-order valence-electron chi connectivity index (χ2n) is 3.93. The number of thioether (sulfide) groups is 1. The Bertz CT molecular complexity index is 548. The van der Waals surface area contributed by atoms with E-state index in [0.717, 1.165) is 22.4 Å². The lowest BCUT2D eigenvalue weighted by Crippen LogP contribution is -2.04. The molecule has 0 aliphatic heterocycles. The highest BCUT2D eigenvalue weighted by molar-refractivity contribution is 7.98. The van der Waals surface area contributed by atoms with Gasteiger partial charge in [0.15, 0.2) is 0 Å². The zero-order valence-electron chi connectivity index (χ0n) is 10.7. The number of carbonyl (C=O) groups is 1. The van der Waals surface area contributed by atoms with E-state index in [0.29, 0.717) is 12.2 Å². The van der Waals surface area contributed by atoms with Crippen molar-refractivity contribution in [2.75, 3.05) is 12.4 Å². The number of nitrogens with one attached hydrogen (secondary N) is 1. The monoisotopic (exact) mass is 263 g/mol. The van der Waals surface area contributed by atoms with Crippen molar-refractivity contribution in [3.05, 3.63) is 35.5 Å². The highest BCUT2D eigenvalue weighted by atomic mass is 32.2. The van der Waals surface area contributed by atoms with Crippen LogP contribution in [0.1, 0.15) is 29.8 Å². The normalized spacial score (nSPS) is 10.8. The molecule has 0 spiro atoms. The molecular weight excluding hydrogens is 246 g/mol. The summed E-state index contributed by atoms with van der Waals surface area (Å²) in [6.07, 6.45) is 2.02. The molecule has 1 N–H and O–H groups in total. The number of carbonyl (C=O) groups excluding carboxylic acids is 1. The first-order valence-corrected chi connectivity index (χ1v) is 7.26. The first-order valence-electron chi connectivity index (χ1n) is 6.11. The van der Waals surface area contributed by atoms with Crippen LogP contribution in [0.25, 0.3) is 10.9 Å². The summed E-state index contributed by atoms with van der Waals surface area (Å²) in [5.41, 5.74) is 2.92. The molecule has 0 aliphatic carbocycles. The van der Waals surface area contributed by atoms with Crippen LogP contribution in [0.2, 0.25) is 0 Å². The van der Waals surface area contributed by atoms with E-state index in [2.05, 4.69) is 11.9 Å². The van der Waals surface area contributed by atoms with Crippen molar-refractivity contribution >= 4 is 28.6 Å². The maximum Gasteiger partial charge on any atom is 0.338 e. The van der Waals surface area contributed by atoms with Gasteiger partial charge in [0, 0.05) is 22.9 Å². The van der Waals surface area contributed by atoms with Gasteiger partial charge >= 0.3 is 5.97 Å². The van der Waals surface area contributed by atoms with Crippen LogP contribution in [0.3, 0.4) is 0 Å². The van der Waals surface area contributed by atoms with E-state index in [1.807, 2.05) is 37.0 Å². The molecule has 2 aromatic rings. The Morgan fingerprint density at radius 1 is 1.39 bits per heavy atom. The minimum Gasteiger partial charge on any atom is -0.462 e. The molecule has 0 bridgehead atoms. The third kappa shape index (κ3) is 2.70. The molecule has 0 fully saturated rings. The van der Waals surface area contributed by atoms with Crippen molar-refractivity contribution in [1.29, 1.82) is 0 Å². The van der Waals surface area contributed by atoms with Crippen LogP contribution in [0.4, 0.5) is 0 Å². The molecule has 0 atom stereocenters. The van der Waals surface area contributed by atoms with Crippen molar-refractivity contribution in [3.8, 4) is 0 Å². The van der Waals surface area contributed by atoms with Crippen molar-refractivity contribution in [2.24, 2.45) is 0 Å². The minimum absolute atomic E-state index is 0.255. The Morgan fingerprint density at radius 3 is 2.94 bits per heavy atom. The number of rotatable bonds is 5. The molecule has 0 amide bonds. The number of ether oxygens (including phenoxy) is 1. The number of esters is 1. The van der Waals surface area contributed by atoms with Crippen molar-refractivity contribution < 1.29 is 9.53 Å². The molecule has 1 aromatic heterocycles. The van der Waals surface area contributed by atoms with Crippen LogP contribution in [0.15, 0.2) is 24.4 Å². The van der Waals surface area contributed by atoms with E-state index < -0.39 is 0 Å². The fraction of sp³-hybridized carbons (Fsp3) is 0.357. The van der Waals surface area contributed by atoms with E-state index in [4.69, 9.17) is 4.74 Å². The van der Waals surface area contributed by atoms with Gasteiger partial charge in [-0.15, -0.1) is 0 Å². The topological polar surface area (TPSA) is 42.1 Å². The molecule has 0 aliphatic rings. The predicted octanol–water partition coefficient (Wildman–Crippen LogP) is 3.60. The predicted molar refractivity (Wildman–Crippen MR) is 76.1 cm³/mol. The smallest absolute Gasteiger partial charge is 0.338 e. The average Bonchev–Trinajstić information content (AvgIpc) is 2.79. The summed E-state index contributed by atoms with van der Waals surface area (Å²) in [5.74, 6) is 1.79. The molecule has 0 saturated heterocycles. The van der Waals surface area contributed by atoms with Gasteiger partial charge in [-0.25, -0.2) is 4.79 Å². The standard InChI is InChI=1S/C14H17NO2S/c1-3-17-14(16)10-5-6-13-12(7-10)11(8-15-13)9-18-4-2/h5-8,15H,3-4,9H2,1-2H3. The summed E-state index contributed by atoms with van der Waals surface area (Å²) < 4.78 is 5.02. The van der Waals surface area contributed by atoms with Crippen LogP contribution < -0.4 is 0 Å². The summed E-state index contributed by atoms with van der Waals surface area (Å²) >= 11 is 1.87. The van der Waals surface area contributed by atoms with Crippen molar-refractivity contribution in [2.45, 2.75) is 19.6 Å². The summed E-state index contributed by atoms with van der Waals surface area (Å²) in [7, 11) is 0. The van der Waals surface area contributed by atoms with E-state index >= 15 is 0 Å². The van der Waals surface area contributed by atoms with Gasteiger partial charge in [0.1, 0.15) is 0 Å². The Hall–Kier alpha value is -1.42. The third-order valence-electron chi connectivity index (χ3n) is 2.74. The number of benzene rings is 1. The lowest BCUT2D eigenvalue weighted by atomic mass is 10.1. The minimum atomic E-state index is -0.255. The lowest BCUT2D eigenvalue weighted by molar-refractivity contribution is 0.0526. The number of H-pyrrole nitrogens is 1. The molecule has 3 nitrogen and oxygen atoms in total. The highest BCUT2D eigenvalue weighted by Gasteiger charge is 2.10. The fourth-order valence-electron chi connectivity index (χ4n) is 1.85. The second-order valence-corrected chi connectivity index (χ2v) is 5.21. The first kappa shape index (κ1) is 13.0. The summed E-state index contributed by atoms with van der Waals surface area (Å²) in [6.45, 7) is 4.36. The Labute approximate surface area is 111 Å². The molecule has 0 saturated carbocycles. The fourth-order valence-corrected chi connectivity index (χ4v) is 2.51. The van der Waals surface area contributed by atoms with E-state index in [9.17, 15) is 4.79 Å². The van der Waals surface area contributed by atoms with Crippen LogP contribution >= 0.6 is 11.8 Å². The van der Waals surface area contributed by atoms with Gasteiger partial charge in [0.2, 0.25) is 0 Å². The Balaban J connectivity index is 2.32. The largest absolute Gasteiger partial charge is 0.462 e. The number of fused-ring (bicyclic) bond motifs is 1. The van der Waals surface area contributed by atoms with Crippen LogP contribution in [0, 0.1) is 0 Å². The Kier molecular flexibility index (Phi) is 4.31. The number of hydrogen-bond acceptors (Lipinski definition) is 3. The Morgan fingerprint density at radius 2 is 2.22 bits per heavy atom. The summed E-state index contributed by atoms with van der Waals surface area (Å²) in [6, 6.07) is 5.64. The van der Waals surface area contributed by atoms with Crippen LogP contribution in [-0.2, 0) is 10.5 Å². The summed E-state index contributed by atoms with van der Waals surface area (Å²) in [4.78, 5) is 14.9. The molecule has 1 heterocycles. The van der Waals surface area contributed by atoms with Gasteiger partial charge in [-0.1, -0.05) is 6.92 Å². The molecule has 1 aromatic carbocycles. The molecular formula is C14H17NO2S. The highest BCUT2D eigenvalue weighted by Crippen LogP contribution is 2.24. The van der Waals surface area contributed by atoms with E-state index in [1.54, 1.807) is 6.07 Å². The third-order valence-corrected chi connectivity index (χ3v) is 3.66. The summed E-state index contributed by atoms with van der Waals surface area (Å²) in [5, 5.41) is 1.11. The lowest BCUT2D eigenvalue weighted by Gasteiger charge is -2.03. The quantitative estimate of drug-likeness (QED) is 0.838. The molecule has 18 heavy (non-hydrogen) atoms. The van der Waals surface area contributed by atoms with E-state index in [1.165, 1.54) is 5.56 Å². The van der Waals surface area contributed by atoms with Gasteiger partial charge in [0.05, 0.1) is 12.2 Å². The van der Waals surface area contributed by atoms with Gasteiger partial charge in [0.25, 0.3) is 0 Å². The SMILES string of the molecule is CCOC(=O)c1ccc2[nH]cc(CSCC)c2c1. The molecule has 4 heteroatoms. The number of hydrogen-bond donors (Lipinski definition) is 1. The average molecular weight is 263 g/mol. The van der Waals surface area contributed by atoms with Crippen molar-refractivity contribution in [1.82, 2.24) is 4.98 Å². The molecule has 96 valence electrons. The molecule has 0 radical (unpaired) electrons. The zero-order chi connectivity index (χ0) is 13.0. The molecule has 2 rings (SSSR count). The van der Waals surface area contributed by atoms with E-state index in [-0.39, 0.29) is 5.97 Å². The number of aromatic nitrogens is 1. The first-order chi connectivity index (χ1) is 8.76. The van der Waals surface area contributed by atoms with Crippen molar-refractivity contribution in [3.63, 3.8) is 0 Å². The number of aromatic amines is 1. The van der Waals surface area contributed by atoms with Gasteiger partial charge in [-0.05, 0) is 36.4 Å². The van der Waals surface area contributed by atoms with Crippen LogP contribution in [0.5, 0.6) is 0 Å². The second kappa shape index (κ2) is 5.96. The van der Waals surface area contributed by atoms with Gasteiger partial charge in [-0.2, -0.15) is 11.8 Å². The van der Waals surface area contributed by atoms with Gasteiger partial charge in [-0.3, -0.25) is 0 Å². The zero-order valence-corrected chi connectivity index (χ0v) is 11.5. The maximum absolute atomic E-state index is 11.7. The maximum atomic E-state index is 11.7. The van der Waals surface area contributed by atoms with Crippen LogP contribution in [-0.4, -0.2) is 23.3 Å².